The molecule has 0 spiro atoms. The van der Waals surface area contributed by atoms with Crippen LogP contribution in [0.25, 0.3) is 110 Å². The van der Waals surface area contributed by atoms with Crippen LogP contribution in [-0.4, -0.2) is 0 Å². The van der Waals surface area contributed by atoms with Gasteiger partial charge in [-0.05, 0) is 73.1 Å². The van der Waals surface area contributed by atoms with E-state index < -0.39 is 0 Å². The van der Waals surface area contributed by atoms with Crippen LogP contribution < -0.4 is 0 Å². The number of hydrogen-bond donors (Lipinski definition) is 0. The summed E-state index contributed by atoms with van der Waals surface area (Å²) in [6, 6.07) is 60.7. The van der Waals surface area contributed by atoms with Gasteiger partial charge in [0, 0.05) is 32.3 Å². The van der Waals surface area contributed by atoms with Crippen LogP contribution >= 0.6 is 0 Å². The SMILES string of the molecule is c1ccc(-c2ccc(-c3c4ccccc4c(-c4ccc5c(c4)oc4c6ccccc6c6oc7ccccc7c6c54)c4ccccc34)cc2)cc1. The Kier molecular flexibility index (Phi) is 5.70. The molecular weight excluding hydrogens is 609 g/mol. The summed E-state index contributed by atoms with van der Waals surface area (Å²) in [7, 11) is 0. The minimum atomic E-state index is 0.870. The predicted octanol–water partition coefficient (Wildman–Crippen LogP) is 13.9. The third-order valence-electron chi connectivity index (χ3n) is 10.5. The molecule has 50 heavy (non-hydrogen) atoms. The molecule has 9 aromatic carbocycles. The summed E-state index contributed by atoms with van der Waals surface area (Å²) in [5.41, 5.74) is 10.8. The minimum Gasteiger partial charge on any atom is -0.455 e. The average molecular weight is 637 g/mol. The van der Waals surface area contributed by atoms with Crippen molar-refractivity contribution in [3.05, 3.63) is 170 Å². The molecule has 0 bridgehead atoms. The van der Waals surface area contributed by atoms with E-state index in [9.17, 15) is 0 Å². The molecule has 0 aliphatic rings. The van der Waals surface area contributed by atoms with Gasteiger partial charge in [0.15, 0.2) is 0 Å². The summed E-state index contributed by atoms with van der Waals surface area (Å²) in [6.45, 7) is 0. The van der Waals surface area contributed by atoms with Crippen molar-refractivity contribution in [3.63, 3.8) is 0 Å². The van der Waals surface area contributed by atoms with Crippen molar-refractivity contribution >= 4 is 76.2 Å². The van der Waals surface area contributed by atoms with Crippen molar-refractivity contribution < 1.29 is 8.83 Å². The van der Waals surface area contributed by atoms with E-state index in [0.29, 0.717) is 0 Å². The van der Waals surface area contributed by atoms with Gasteiger partial charge in [-0.25, -0.2) is 0 Å². The summed E-state index contributed by atoms with van der Waals surface area (Å²) in [6.07, 6.45) is 0. The van der Waals surface area contributed by atoms with Gasteiger partial charge in [-0.2, -0.15) is 0 Å². The summed E-state index contributed by atoms with van der Waals surface area (Å²) in [5, 5.41) is 11.4. The maximum absolute atomic E-state index is 6.88. The van der Waals surface area contributed by atoms with E-state index in [4.69, 9.17) is 8.83 Å². The highest BCUT2D eigenvalue weighted by Gasteiger charge is 2.22. The molecule has 0 radical (unpaired) electrons. The van der Waals surface area contributed by atoms with E-state index in [1.54, 1.807) is 0 Å². The van der Waals surface area contributed by atoms with Gasteiger partial charge in [0.1, 0.15) is 22.3 Å². The average Bonchev–Trinajstić information content (AvgIpc) is 3.76. The molecule has 0 unspecified atom stereocenters. The lowest BCUT2D eigenvalue weighted by Gasteiger charge is -2.18. The zero-order valence-corrected chi connectivity index (χ0v) is 27.0. The molecule has 0 aliphatic carbocycles. The number of para-hydroxylation sites is 1. The van der Waals surface area contributed by atoms with E-state index in [0.717, 1.165) is 60.2 Å². The number of rotatable bonds is 3. The fraction of sp³-hybridized carbons (Fsp3) is 0. The van der Waals surface area contributed by atoms with Gasteiger partial charge in [-0.3, -0.25) is 0 Å². The minimum absolute atomic E-state index is 0.870. The number of benzene rings is 9. The zero-order chi connectivity index (χ0) is 32.8. The lowest BCUT2D eigenvalue weighted by atomic mass is 9.85. The van der Waals surface area contributed by atoms with E-state index in [1.807, 2.05) is 12.1 Å². The molecule has 11 rings (SSSR count). The fourth-order valence-corrected chi connectivity index (χ4v) is 8.26. The highest BCUT2D eigenvalue weighted by Crippen LogP contribution is 2.48. The van der Waals surface area contributed by atoms with Crippen LogP contribution in [0.15, 0.2) is 179 Å². The van der Waals surface area contributed by atoms with Crippen LogP contribution in [-0.2, 0) is 0 Å². The molecule has 2 aromatic heterocycles. The van der Waals surface area contributed by atoms with Gasteiger partial charge >= 0.3 is 0 Å². The Labute approximate surface area is 287 Å². The molecule has 232 valence electrons. The molecule has 0 aliphatic heterocycles. The van der Waals surface area contributed by atoms with Crippen LogP contribution in [0, 0.1) is 0 Å². The first-order valence-corrected chi connectivity index (χ1v) is 17.1. The Bertz CT molecular complexity index is 3070. The Balaban J connectivity index is 1.18. The topological polar surface area (TPSA) is 26.3 Å². The lowest BCUT2D eigenvalue weighted by molar-refractivity contribution is 0.668. The molecular formula is C48H28O2. The van der Waals surface area contributed by atoms with Crippen molar-refractivity contribution in [2.75, 3.05) is 0 Å². The third kappa shape index (κ3) is 3.85. The van der Waals surface area contributed by atoms with Crippen molar-refractivity contribution in [1.82, 2.24) is 0 Å². The summed E-state index contributed by atoms with van der Waals surface area (Å²) < 4.78 is 13.4. The summed E-state index contributed by atoms with van der Waals surface area (Å²) in [4.78, 5) is 0. The summed E-state index contributed by atoms with van der Waals surface area (Å²) >= 11 is 0. The van der Waals surface area contributed by atoms with Gasteiger partial charge in [0.05, 0.1) is 0 Å². The maximum atomic E-state index is 6.88. The van der Waals surface area contributed by atoms with Crippen LogP contribution in [0.2, 0.25) is 0 Å². The van der Waals surface area contributed by atoms with Crippen LogP contribution in [0.3, 0.4) is 0 Å². The summed E-state index contributed by atoms with van der Waals surface area (Å²) in [5.74, 6) is 0. The van der Waals surface area contributed by atoms with Gasteiger partial charge in [-0.15, -0.1) is 0 Å². The van der Waals surface area contributed by atoms with Crippen LogP contribution in [0.1, 0.15) is 0 Å². The molecule has 2 heterocycles. The second kappa shape index (κ2) is 10.4. The molecule has 0 N–H and O–H groups in total. The second-order valence-electron chi connectivity index (χ2n) is 13.1. The van der Waals surface area contributed by atoms with Gasteiger partial charge in [-0.1, -0.05) is 152 Å². The van der Waals surface area contributed by atoms with Gasteiger partial charge in [0.25, 0.3) is 0 Å². The number of fused-ring (bicyclic) bond motifs is 12. The van der Waals surface area contributed by atoms with Crippen LogP contribution in [0.4, 0.5) is 0 Å². The molecule has 0 fully saturated rings. The molecule has 2 heteroatoms. The lowest BCUT2D eigenvalue weighted by Crippen LogP contribution is -1.91. The first kappa shape index (κ1) is 27.3. The van der Waals surface area contributed by atoms with Crippen molar-refractivity contribution in [1.29, 1.82) is 0 Å². The highest BCUT2D eigenvalue weighted by molar-refractivity contribution is 6.34. The Morgan fingerprint density at radius 1 is 0.260 bits per heavy atom. The fourth-order valence-electron chi connectivity index (χ4n) is 8.26. The smallest absolute Gasteiger partial charge is 0.144 e. The highest BCUT2D eigenvalue weighted by atomic mass is 16.3. The van der Waals surface area contributed by atoms with E-state index >= 15 is 0 Å². The van der Waals surface area contributed by atoms with Crippen molar-refractivity contribution in [2.45, 2.75) is 0 Å². The molecule has 0 atom stereocenters. The van der Waals surface area contributed by atoms with E-state index in [2.05, 4.69) is 158 Å². The van der Waals surface area contributed by atoms with Crippen molar-refractivity contribution in [3.8, 4) is 33.4 Å². The third-order valence-corrected chi connectivity index (χ3v) is 10.5. The first-order valence-electron chi connectivity index (χ1n) is 17.1. The molecule has 0 saturated carbocycles. The van der Waals surface area contributed by atoms with Gasteiger partial charge < -0.3 is 8.83 Å². The molecule has 11 aromatic rings. The van der Waals surface area contributed by atoms with Crippen LogP contribution in [0.5, 0.6) is 0 Å². The Morgan fingerprint density at radius 2 is 0.660 bits per heavy atom. The molecule has 0 saturated heterocycles. The molecule has 2 nitrogen and oxygen atoms in total. The molecule has 0 amide bonds. The number of hydrogen-bond acceptors (Lipinski definition) is 2. The monoisotopic (exact) mass is 636 g/mol. The van der Waals surface area contributed by atoms with E-state index in [-0.39, 0.29) is 0 Å². The Morgan fingerprint density at radius 3 is 1.26 bits per heavy atom. The normalized spacial score (nSPS) is 12.0. The number of furan rings is 2. The largest absolute Gasteiger partial charge is 0.455 e. The maximum Gasteiger partial charge on any atom is 0.144 e. The second-order valence-corrected chi connectivity index (χ2v) is 13.1. The Hall–Kier alpha value is -6.64. The first-order chi connectivity index (χ1) is 24.8. The van der Waals surface area contributed by atoms with E-state index in [1.165, 1.54) is 49.4 Å². The predicted molar refractivity (Wildman–Crippen MR) is 210 cm³/mol. The standard InChI is InChI=1S/C48H28O2/c1-2-12-29(13-3-1)30-22-24-31(25-23-30)43-33-14-4-6-16-35(33)44(36-17-7-5-15-34(36)43)32-26-27-40-42(28-32)50-48-38-19-9-8-18-37(38)47-45(46(40)48)39-20-10-11-21-41(39)49-47/h1-28H. The van der Waals surface area contributed by atoms with Gasteiger partial charge in [0.2, 0.25) is 0 Å². The quantitative estimate of drug-likeness (QED) is 0.180. The van der Waals surface area contributed by atoms with Crippen molar-refractivity contribution in [2.24, 2.45) is 0 Å². The zero-order valence-electron chi connectivity index (χ0n) is 27.0.